The van der Waals surface area contributed by atoms with Crippen LogP contribution in [0, 0.1) is 5.92 Å². The minimum atomic E-state index is -3.56. The van der Waals surface area contributed by atoms with Crippen LogP contribution in [0.2, 0.25) is 0 Å². The molecule has 8 nitrogen and oxygen atoms in total. The fourth-order valence-corrected chi connectivity index (χ4v) is 7.27. The second-order valence-corrected chi connectivity index (χ2v) is 11.5. The molecule has 1 aliphatic carbocycles. The molecular formula is C24H34N4O4S. The molecule has 1 unspecified atom stereocenters. The van der Waals surface area contributed by atoms with Gasteiger partial charge in [0, 0.05) is 45.6 Å². The van der Waals surface area contributed by atoms with E-state index in [0.29, 0.717) is 56.6 Å². The molecule has 1 amide bonds. The molecule has 1 saturated carbocycles. The number of rotatable bonds is 6. The van der Waals surface area contributed by atoms with Crippen molar-refractivity contribution in [2.45, 2.75) is 62.3 Å². The molecule has 9 heteroatoms. The van der Waals surface area contributed by atoms with Crippen molar-refractivity contribution in [2.75, 3.05) is 32.8 Å². The number of ether oxygens (including phenoxy) is 1. The lowest BCUT2D eigenvalue weighted by Gasteiger charge is -2.29. The summed E-state index contributed by atoms with van der Waals surface area (Å²) in [5.74, 6) is 1.72. The Kier molecular flexibility index (Phi) is 6.46. The Morgan fingerprint density at radius 3 is 2.61 bits per heavy atom. The van der Waals surface area contributed by atoms with Crippen LogP contribution in [0.3, 0.4) is 0 Å². The number of morpholine rings is 1. The normalized spacial score (nSPS) is 23.1. The van der Waals surface area contributed by atoms with Gasteiger partial charge in [-0.3, -0.25) is 4.79 Å². The van der Waals surface area contributed by atoms with Crippen LogP contribution >= 0.6 is 0 Å². The molecule has 3 fully saturated rings. The molecule has 2 aromatic rings. The van der Waals surface area contributed by atoms with Crippen molar-refractivity contribution in [1.29, 1.82) is 0 Å². The third-order valence-electron chi connectivity index (χ3n) is 7.68. The number of hydrogen-bond donors (Lipinski definition) is 0. The van der Waals surface area contributed by atoms with Gasteiger partial charge in [0.15, 0.2) is 0 Å². The van der Waals surface area contributed by atoms with Gasteiger partial charge < -0.3 is 14.2 Å². The highest BCUT2D eigenvalue weighted by atomic mass is 32.2. The first-order valence-corrected chi connectivity index (χ1v) is 13.7. The first-order valence-electron chi connectivity index (χ1n) is 12.3. The largest absolute Gasteiger partial charge is 0.379 e. The topological polar surface area (TPSA) is 84.7 Å². The van der Waals surface area contributed by atoms with Gasteiger partial charge >= 0.3 is 0 Å². The predicted molar refractivity (Wildman–Crippen MR) is 125 cm³/mol. The predicted octanol–water partition coefficient (Wildman–Crippen LogP) is 2.71. The Hall–Kier alpha value is -1.97. The fraction of sp³-hybridized carbons (Fsp3) is 0.667. The van der Waals surface area contributed by atoms with Crippen molar-refractivity contribution in [3.8, 4) is 0 Å². The molecule has 0 radical (unpaired) electrons. The number of hydrogen-bond acceptors (Lipinski definition) is 5. The Labute approximate surface area is 195 Å². The lowest BCUT2D eigenvalue weighted by Crippen LogP contribution is -2.40. The molecular weight excluding hydrogens is 440 g/mol. The summed E-state index contributed by atoms with van der Waals surface area (Å²) >= 11 is 0. The van der Waals surface area contributed by atoms with Crippen LogP contribution in [0.5, 0.6) is 0 Å². The number of imidazole rings is 1. The zero-order valence-corrected chi connectivity index (χ0v) is 20.2. The second kappa shape index (κ2) is 9.35. The maximum atomic E-state index is 13.1. The summed E-state index contributed by atoms with van der Waals surface area (Å²) in [4.78, 5) is 20.2. The SMILES string of the molecule is Cn1c(CCC(=O)N2CCCC2C2CCCC2)nc2cc(S(=O)(=O)N3CCOCC3)ccc21. The van der Waals surface area contributed by atoms with E-state index in [1.165, 1.54) is 30.0 Å². The van der Waals surface area contributed by atoms with E-state index in [2.05, 4.69) is 4.90 Å². The Morgan fingerprint density at radius 1 is 1.09 bits per heavy atom. The Bertz CT molecular complexity index is 1120. The van der Waals surface area contributed by atoms with E-state index in [0.717, 1.165) is 30.7 Å². The molecule has 180 valence electrons. The van der Waals surface area contributed by atoms with Crippen molar-refractivity contribution in [1.82, 2.24) is 18.8 Å². The first kappa shape index (κ1) is 22.8. The maximum Gasteiger partial charge on any atom is 0.243 e. The number of fused-ring (bicyclic) bond motifs is 1. The van der Waals surface area contributed by atoms with E-state index in [1.54, 1.807) is 12.1 Å². The molecule has 1 aromatic heterocycles. The fourth-order valence-electron chi connectivity index (χ4n) is 5.85. The van der Waals surface area contributed by atoms with Crippen molar-refractivity contribution >= 4 is 27.0 Å². The summed E-state index contributed by atoms with van der Waals surface area (Å²) < 4.78 is 34.8. The number of amides is 1. The molecule has 1 aromatic carbocycles. The van der Waals surface area contributed by atoms with Crippen molar-refractivity contribution in [3.05, 3.63) is 24.0 Å². The van der Waals surface area contributed by atoms with Gasteiger partial charge in [-0.2, -0.15) is 4.31 Å². The summed E-state index contributed by atoms with van der Waals surface area (Å²) in [7, 11) is -1.63. The van der Waals surface area contributed by atoms with Gasteiger partial charge in [0.05, 0.1) is 29.1 Å². The molecule has 2 aliphatic heterocycles. The van der Waals surface area contributed by atoms with Gasteiger partial charge in [0.1, 0.15) is 5.82 Å². The Morgan fingerprint density at radius 2 is 1.85 bits per heavy atom. The molecule has 0 bridgehead atoms. The van der Waals surface area contributed by atoms with Crippen LogP contribution < -0.4 is 0 Å². The zero-order chi connectivity index (χ0) is 23.0. The van der Waals surface area contributed by atoms with Gasteiger partial charge in [-0.1, -0.05) is 12.8 Å². The van der Waals surface area contributed by atoms with Crippen molar-refractivity contribution in [2.24, 2.45) is 13.0 Å². The number of carbonyl (C=O) groups excluding carboxylic acids is 1. The lowest BCUT2D eigenvalue weighted by atomic mass is 9.96. The van der Waals surface area contributed by atoms with Crippen LogP contribution in [0.1, 0.15) is 50.8 Å². The summed E-state index contributed by atoms with van der Waals surface area (Å²) in [5.41, 5.74) is 1.53. The van der Waals surface area contributed by atoms with Gasteiger partial charge in [0.25, 0.3) is 0 Å². The van der Waals surface area contributed by atoms with E-state index in [1.807, 2.05) is 17.7 Å². The van der Waals surface area contributed by atoms with Gasteiger partial charge in [-0.05, 0) is 49.8 Å². The van der Waals surface area contributed by atoms with Crippen LogP contribution in [0.4, 0.5) is 0 Å². The van der Waals surface area contributed by atoms with E-state index in [-0.39, 0.29) is 10.8 Å². The van der Waals surface area contributed by atoms with Gasteiger partial charge in [-0.25, -0.2) is 13.4 Å². The third kappa shape index (κ3) is 4.42. The number of sulfonamides is 1. The highest BCUT2D eigenvalue weighted by Crippen LogP contribution is 2.35. The second-order valence-electron chi connectivity index (χ2n) is 9.60. The van der Waals surface area contributed by atoms with E-state index < -0.39 is 10.0 Å². The number of aryl methyl sites for hydroxylation is 2. The summed E-state index contributed by atoms with van der Waals surface area (Å²) in [5, 5.41) is 0. The molecule has 3 aliphatic rings. The number of carbonyl (C=O) groups is 1. The number of likely N-dealkylation sites (tertiary alicyclic amines) is 1. The Balaban J connectivity index is 1.30. The summed E-state index contributed by atoms with van der Waals surface area (Å²) in [6, 6.07) is 5.55. The van der Waals surface area contributed by atoms with Gasteiger partial charge in [-0.15, -0.1) is 0 Å². The quantitative estimate of drug-likeness (QED) is 0.643. The smallest absolute Gasteiger partial charge is 0.243 e. The molecule has 0 spiro atoms. The molecule has 3 heterocycles. The van der Waals surface area contributed by atoms with Gasteiger partial charge in [0.2, 0.25) is 15.9 Å². The maximum absolute atomic E-state index is 13.1. The van der Waals surface area contributed by atoms with E-state index in [4.69, 9.17) is 9.72 Å². The number of benzene rings is 1. The average molecular weight is 475 g/mol. The van der Waals surface area contributed by atoms with E-state index >= 15 is 0 Å². The highest BCUT2D eigenvalue weighted by molar-refractivity contribution is 7.89. The molecule has 0 N–H and O–H groups in total. The first-order chi connectivity index (χ1) is 15.9. The minimum absolute atomic E-state index is 0.229. The lowest BCUT2D eigenvalue weighted by molar-refractivity contribution is -0.132. The zero-order valence-electron chi connectivity index (χ0n) is 19.4. The number of nitrogens with zero attached hydrogens (tertiary/aromatic N) is 4. The van der Waals surface area contributed by atoms with Crippen molar-refractivity contribution < 1.29 is 17.9 Å². The number of aromatic nitrogens is 2. The highest BCUT2D eigenvalue weighted by Gasteiger charge is 2.35. The summed E-state index contributed by atoms with van der Waals surface area (Å²) in [6.07, 6.45) is 8.37. The average Bonchev–Trinajstić information content (AvgIpc) is 3.58. The van der Waals surface area contributed by atoms with Crippen LogP contribution in [-0.4, -0.2) is 72.0 Å². The molecule has 2 saturated heterocycles. The monoisotopic (exact) mass is 474 g/mol. The molecule has 5 rings (SSSR count). The standard InChI is InChI=1S/C24H34N4O4S/c1-26-22-9-8-19(33(30,31)27-13-15-32-16-14-27)17-20(22)25-23(26)10-11-24(29)28-12-4-7-21(28)18-5-2-3-6-18/h8-9,17-18,21H,2-7,10-16H2,1H3. The molecule has 33 heavy (non-hydrogen) atoms. The van der Waals surface area contributed by atoms with Crippen LogP contribution in [-0.2, 0) is 33.0 Å². The molecule has 1 atom stereocenters. The van der Waals surface area contributed by atoms with E-state index in [9.17, 15) is 13.2 Å². The van der Waals surface area contributed by atoms with Crippen LogP contribution in [0.15, 0.2) is 23.1 Å². The minimum Gasteiger partial charge on any atom is -0.379 e. The van der Waals surface area contributed by atoms with Crippen LogP contribution in [0.25, 0.3) is 11.0 Å². The summed E-state index contributed by atoms with van der Waals surface area (Å²) in [6.45, 7) is 2.46. The van der Waals surface area contributed by atoms with Crippen molar-refractivity contribution in [3.63, 3.8) is 0 Å². The third-order valence-corrected chi connectivity index (χ3v) is 9.57.